The van der Waals surface area contributed by atoms with Gasteiger partial charge in [-0.15, -0.1) is 0 Å². The number of nitrogens with zero attached hydrogens (tertiary/aromatic N) is 2. The summed E-state index contributed by atoms with van der Waals surface area (Å²) in [5, 5.41) is 8.34. The van der Waals surface area contributed by atoms with Crippen LogP contribution in [0.4, 0.5) is 10.5 Å². The number of nitrogens with one attached hydrogen (secondary N) is 3. The first-order valence-electron chi connectivity index (χ1n) is 8.75. The van der Waals surface area contributed by atoms with Gasteiger partial charge >= 0.3 is 6.03 Å². The van der Waals surface area contributed by atoms with Gasteiger partial charge in [-0.05, 0) is 35.9 Å². The summed E-state index contributed by atoms with van der Waals surface area (Å²) >= 11 is 0. The summed E-state index contributed by atoms with van der Waals surface area (Å²) < 4.78 is 5.07. The molecule has 1 unspecified atom stereocenters. The van der Waals surface area contributed by atoms with Gasteiger partial charge in [0.05, 0.1) is 13.7 Å². The quantitative estimate of drug-likeness (QED) is 0.737. The van der Waals surface area contributed by atoms with Gasteiger partial charge in [0.25, 0.3) is 0 Å². The molecule has 0 spiro atoms. The minimum absolute atomic E-state index is 0.0443. The Hall–Kier alpha value is -2.97. The van der Waals surface area contributed by atoms with Crippen LogP contribution in [0.2, 0.25) is 0 Å². The minimum Gasteiger partial charge on any atom is -0.497 e. The van der Waals surface area contributed by atoms with Crippen LogP contribution in [0.3, 0.4) is 0 Å². The number of carbonyl (C=O) groups excluding carboxylic acids is 2. The van der Waals surface area contributed by atoms with E-state index in [4.69, 9.17) is 4.74 Å². The van der Waals surface area contributed by atoms with Gasteiger partial charge in [-0.1, -0.05) is 6.07 Å². The summed E-state index contributed by atoms with van der Waals surface area (Å²) in [6, 6.07) is 10.2. The van der Waals surface area contributed by atoms with Crippen molar-refractivity contribution in [2.45, 2.75) is 6.04 Å². The predicted octanol–water partition coefficient (Wildman–Crippen LogP) is 1.38. The van der Waals surface area contributed by atoms with E-state index in [0.717, 1.165) is 18.7 Å². The fourth-order valence-electron chi connectivity index (χ4n) is 3.02. The highest BCUT2D eigenvalue weighted by Gasteiger charge is 2.26. The number of piperazine rings is 1. The lowest BCUT2D eigenvalue weighted by Crippen LogP contribution is -2.50. The van der Waals surface area contributed by atoms with Crippen LogP contribution in [0.1, 0.15) is 11.6 Å². The Balaban J connectivity index is 1.54. The zero-order valence-electron chi connectivity index (χ0n) is 15.1. The van der Waals surface area contributed by atoms with E-state index in [-0.39, 0.29) is 18.5 Å². The molecule has 0 aliphatic carbocycles. The highest BCUT2D eigenvalue weighted by molar-refractivity contribution is 6.01. The molecule has 1 fully saturated rings. The Morgan fingerprint density at radius 3 is 2.81 bits per heavy atom. The number of aromatic nitrogens is 1. The van der Waals surface area contributed by atoms with E-state index in [1.807, 2.05) is 17.0 Å². The fourth-order valence-corrected chi connectivity index (χ4v) is 3.02. The van der Waals surface area contributed by atoms with Crippen LogP contribution in [0.15, 0.2) is 48.8 Å². The molecule has 0 bridgehead atoms. The Kier molecular flexibility index (Phi) is 6.35. The number of anilines is 1. The van der Waals surface area contributed by atoms with Crippen molar-refractivity contribution in [1.29, 1.82) is 0 Å². The van der Waals surface area contributed by atoms with Gasteiger partial charge in [-0.2, -0.15) is 0 Å². The van der Waals surface area contributed by atoms with Crippen molar-refractivity contribution in [3.8, 4) is 5.75 Å². The van der Waals surface area contributed by atoms with Crippen LogP contribution in [0.5, 0.6) is 5.75 Å². The standard InChI is InChI=1S/C19H23N5O3/c1-27-16-6-4-15(5-7-16)22-19(26)23-18(25)13-24-10-9-21-12-17(24)14-3-2-8-20-11-14/h2-8,11,17,21H,9-10,12-13H2,1H3,(H2,22,23,25,26). The van der Waals surface area contributed by atoms with Gasteiger partial charge in [0.1, 0.15) is 5.75 Å². The van der Waals surface area contributed by atoms with Crippen LogP contribution in [0.25, 0.3) is 0 Å². The summed E-state index contributed by atoms with van der Waals surface area (Å²) in [6.45, 7) is 2.38. The first kappa shape index (κ1) is 18.8. The van der Waals surface area contributed by atoms with Crippen molar-refractivity contribution in [2.24, 2.45) is 0 Å². The number of hydrogen-bond acceptors (Lipinski definition) is 6. The Bertz CT molecular complexity index is 767. The molecule has 3 rings (SSSR count). The minimum atomic E-state index is -0.557. The molecule has 1 aromatic heterocycles. The molecule has 2 heterocycles. The maximum atomic E-state index is 12.3. The summed E-state index contributed by atoms with van der Waals surface area (Å²) in [6.07, 6.45) is 3.53. The first-order chi connectivity index (χ1) is 13.2. The molecule has 1 aliphatic heterocycles. The number of benzene rings is 1. The number of ether oxygens (including phenoxy) is 1. The van der Waals surface area contributed by atoms with Crippen LogP contribution in [-0.4, -0.2) is 55.1 Å². The third-order valence-corrected chi connectivity index (χ3v) is 4.37. The molecule has 1 saturated heterocycles. The molecule has 1 aliphatic rings. The molecule has 0 radical (unpaired) electrons. The second-order valence-electron chi connectivity index (χ2n) is 6.21. The van der Waals surface area contributed by atoms with E-state index in [0.29, 0.717) is 18.0 Å². The molecule has 1 atom stereocenters. The first-order valence-corrected chi connectivity index (χ1v) is 8.75. The lowest BCUT2D eigenvalue weighted by Gasteiger charge is -2.35. The number of rotatable bonds is 5. The summed E-state index contributed by atoms with van der Waals surface area (Å²) in [5.41, 5.74) is 1.62. The van der Waals surface area contributed by atoms with E-state index >= 15 is 0 Å². The van der Waals surface area contributed by atoms with Gasteiger partial charge < -0.3 is 15.4 Å². The van der Waals surface area contributed by atoms with Crippen molar-refractivity contribution in [1.82, 2.24) is 20.5 Å². The van der Waals surface area contributed by atoms with Gasteiger partial charge in [-0.3, -0.25) is 20.0 Å². The number of hydrogen-bond donors (Lipinski definition) is 3. The predicted molar refractivity (Wildman–Crippen MR) is 102 cm³/mol. The van der Waals surface area contributed by atoms with Crippen LogP contribution < -0.4 is 20.7 Å². The Morgan fingerprint density at radius 1 is 1.30 bits per heavy atom. The number of carbonyl (C=O) groups is 2. The number of methoxy groups -OCH3 is 1. The fraction of sp³-hybridized carbons (Fsp3) is 0.316. The van der Waals surface area contributed by atoms with E-state index < -0.39 is 6.03 Å². The van der Waals surface area contributed by atoms with Crippen molar-refractivity contribution in [3.63, 3.8) is 0 Å². The van der Waals surface area contributed by atoms with Crippen LogP contribution in [-0.2, 0) is 4.79 Å². The maximum absolute atomic E-state index is 12.3. The molecule has 3 amide bonds. The highest BCUT2D eigenvalue weighted by atomic mass is 16.5. The highest BCUT2D eigenvalue weighted by Crippen LogP contribution is 2.20. The summed E-state index contributed by atoms with van der Waals surface area (Å²) in [5.74, 6) is 0.342. The smallest absolute Gasteiger partial charge is 0.325 e. The second kappa shape index (κ2) is 9.11. The molecule has 3 N–H and O–H groups in total. The van der Waals surface area contributed by atoms with Crippen LogP contribution in [0, 0.1) is 0 Å². The molecular formula is C19H23N5O3. The number of pyridine rings is 1. The third-order valence-electron chi connectivity index (χ3n) is 4.37. The van der Waals surface area contributed by atoms with Crippen molar-refractivity contribution >= 4 is 17.6 Å². The van der Waals surface area contributed by atoms with Crippen molar-refractivity contribution < 1.29 is 14.3 Å². The molecular weight excluding hydrogens is 346 g/mol. The molecule has 2 aromatic rings. The van der Waals surface area contributed by atoms with E-state index in [2.05, 4.69) is 20.9 Å². The lowest BCUT2D eigenvalue weighted by atomic mass is 10.1. The van der Waals surface area contributed by atoms with Crippen molar-refractivity contribution in [2.75, 3.05) is 38.6 Å². The normalized spacial score (nSPS) is 17.1. The summed E-state index contributed by atoms with van der Waals surface area (Å²) in [4.78, 5) is 30.6. The maximum Gasteiger partial charge on any atom is 0.325 e. The topological polar surface area (TPSA) is 95.6 Å². The van der Waals surface area contributed by atoms with Crippen LogP contribution >= 0.6 is 0 Å². The van der Waals surface area contributed by atoms with Gasteiger partial charge in [0.15, 0.2) is 0 Å². The molecule has 142 valence electrons. The molecule has 8 heteroatoms. The van der Waals surface area contributed by atoms with Gasteiger partial charge in [-0.25, -0.2) is 4.79 Å². The Labute approximate surface area is 157 Å². The molecule has 1 aromatic carbocycles. The SMILES string of the molecule is COc1ccc(NC(=O)NC(=O)CN2CCNCC2c2cccnc2)cc1. The summed E-state index contributed by atoms with van der Waals surface area (Å²) in [7, 11) is 1.57. The average Bonchev–Trinajstić information content (AvgIpc) is 2.69. The average molecular weight is 369 g/mol. The van der Waals surface area contributed by atoms with Gasteiger partial charge in [0.2, 0.25) is 5.91 Å². The second-order valence-corrected chi connectivity index (χ2v) is 6.21. The zero-order valence-corrected chi connectivity index (χ0v) is 15.1. The van der Waals surface area contributed by atoms with E-state index in [1.165, 1.54) is 0 Å². The molecule has 27 heavy (non-hydrogen) atoms. The van der Waals surface area contributed by atoms with E-state index in [9.17, 15) is 9.59 Å². The van der Waals surface area contributed by atoms with Crippen molar-refractivity contribution in [3.05, 3.63) is 54.4 Å². The third kappa shape index (κ3) is 5.25. The largest absolute Gasteiger partial charge is 0.497 e. The monoisotopic (exact) mass is 369 g/mol. The lowest BCUT2D eigenvalue weighted by molar-refractivity contribution is -0.121. The number of imide groups is 1. The number of amides is 3. The van der Waals surface area contributed by atoms with E-state index in [1.54, 1.807) is 43.8 Å². The molecule has 8 nitrogen and oxygen atoms in total. The zero-order chi connectivity index (χ0) is 19.1. The molecule has 0 saturated carbocycles. The Morgan fingerprint density at radius 2 is 2.11 bits per heavy atom. The number of urea groups is 1. The van der Waals surface area contributed by atoms with Gasteiger partial charge in [0, 0.05) is 43.8 Å².